The summed E-state index contributed by atoms with van der Waals surface area (Å²) in [6, 6.07) is 9.73. The van der Waals surface area contributed by atoms with Crippen LogP contribution >= 0.6 is 0 Å². The van der Waals surface area contributed by atoms with Crippen LogP contribution in [0.3, 0.4) is 0 Å². The molecule has 24 heavy (non-hydrogen) atoms. The first-order valence-electron chi connectivity index (χ1n) is 8.19. The van der Waals surface area contributed by atoms with E-state index in [4.69, 9.17) is 4.74 Å². The number of carbonyl (C=O) groups excluding carboxylic acids is 1. The quantitative estimate of drug-likeness (QED) is 0.861. The van der Waals surface area contributed by atoms with Crippen LogP contribution in [0.4, 0.5) is 4.39 Å². The number of methoxy groups -OCH3 is 1. The third-order valence-electron chi connectivity index (χ3n) is 4.49. The number of pyridine rings is 1. The van der Waals surface area contributed by atoms with E-state index in [0.717, 1.165) is 25.9 Å². The van der Waals surface area contributed by atoms with Gasteiger partial charge in [0.15, 0.2) is 0 Å². The predicted octanol–water partition coefficient (Wildman–Crippen LogP) is 3.77. The Labute approximate surface area is 141 Å². The molecule has 1 aromatic heterocycles. The molecule has 2 aromatic rings. The number of halogens is 1. The van der Waals surface area contributed by atoms with Gasteiger partial charge in [-0.15, -0.1) is 0 Å². The summed E-state index contributed by atoms with van der Waals surface area (Å²) < 4.78 is 19.5. The van der Waals surface area contributed by atoms with Gasteiger partial charge >= 0.3 is 0 Å². The smallest absolute Gasteiger partial charge is 0.272 e. The Morgan fingerprint density at radius 3 is 2.62 bits per heavy atom. The molecule has 1 aliphatic rings. The summed E-state index contributed by atoms with van der Waals surface area (Å²) in [6.45, 7) is 3.69. The van der Waals surface area contributed by atoms with Gasteiger partial charge in [-0.2, -0.15) is 0 Å². The number of benzene rings is 1. The summed E-state index contributed by atoms with van der Waals surface area (Å²) in [5.74, 6) is 0.534. The normalized spacial score (nSPS) is 15.4. The molecule has 0 saturated carbocycles. The van der Waals surface area contributed by atoms with Gasteiger partial charge < -0.3 is 9.64 Å². The Morgan fingerprint density at radius 2 is 1.92 bits per heavy atom. The van der Waals surface area contributed by atoms with Crippen LogP contribution in [0.15, 0.2) is 36.4 Å². The van der Waals surface area contributed by atoms with Gasteiger partial charge in [0.25, 0.3) is 5.91 Å². The maximum atomic E-state index is 14.2. The average molecular weight is 328 g/mol. The second-order valence-electron chi connectivity index (χ2n) is 6.20. The van der Waals surface area contributed by atoms with E-state index < -0.39 is 5.82 Å². The highest BCUT2D eigenvalue weighted by atomic mass is 19.1. The number of ether oxygens (including phenoxy) is 1. The van der Waals surface area contributed by atoms with Gasteiger partial charge in [-0.25, -0.2) is 9.37 Å². The van der Waals surface area contributed by atoms with E-state index in [1.165, 1.54) is 13.2 Å². The van der Waals surface area contributed by atoms with E-state index in [0.29, 0.717) is 23.1 Å². The maximum absolute atomic E-state index is 14.2. The Hall–Kier alpha value is -2.43. The van der Waals surface area contributed by atoms with Crippen molar-refractivity contribution in [3.63, 3.8) is 0 Å². The van der Waals surface area contributed by atoms with Gasteiger partial charge in [0, 0.05) is 13.1 Å². The molecule has 0 atom stereocenters. The molecule has 0 radical (unpaired) electrons. The van der Waals surface area contributed by atoms with Crippen LogP contribution in [-0.4, -0.2) is 36.0 Å². The van der Waals surface area contributed by atoms with Crippen LogP contribution in [-0.2, 0) is 0 Å². The minimum absolute atomic E-state index is 0.0981. The molecular formula is C19H21FN2O2. The highest BCUT2D eigenvalue weighted by Gasteiger charge is 2.23. The van der Waals surface area contributed by atoms with Crippen molar-refractivity contribution in [2.24, 2.45) is 5.92 Å². The van der Waals surface area contributed by atoms with Crippen molar-refractivity contribution in [1.29, 1.82) is 0 Å². The summed E-state index contributed by atoms with van der Waals surface area (Å²) in [7, 11) is 1.49. The van der Waals surface area contributed by atoms with E-state index in [2.05, 4.69) is 11.9 Å². The minimum atomic E-state index is -0.418. The second kappa shape index (κ2) is 6.99. The van der Waals surface area contributed by atoms with Crippen molar-refractivity contribution in [2.75, 3.05) is 20.2 Å². The fourth-order valence-corrected chi connectivity index (χ4v) is 2.99. The van der Waals surface area contributed by atoms with E-state index in [1.54, 1.807) is 30.3 Å². The number of hydrogen-bond donors (Lipinski definition) is 0. The highest BCUT2D eigenvalue weighted by molar-refractivity contribution is 5.93. The molecule has 1 fully saturated rings. The molecule has 0 bridgehead atoms. The molecule has 3 rings (SSSR count). The topological polar surface area (TPSA) is 42.4 Å². The molecule has 0 aliphatic carbocycles. The van der Waals surface area contributed by atoms with Crippen LogP contribution < -0.4 is 4.74 Å². The molecule has 0 N–H and O–H groups in total. The zero-order valence-electron chi connectivity index (χ0n) is 14.0. The number of carbonyl (C=O) groups is 1. The van der Waals surface area contributed by atoms with Crippen molar-refractivity contribution < 1.29 is 13.9 Å². The average Bonchev–Trinajstić information content (AvgIpc) is 2.61. The molecule has 1 saturated heterocycles. The lowest BCUT2D eigenvalue weighted by atomic mass is 9.99. The Bertz CT molecular complexity index is 740. The number of hydrogen-bond acceptors (Lipinski definition) is 3. The number of likely N-dealkylation sites (tertiary alicyclic amines) is 1. The summed E-state index contributed by atoms with van der Waals surface area (Å²) in [5.41, 5.74) is 1.02. The van der Waals surface area contributed by atoms with Crippen LogP contribution in [0.5, 0.6) is 5.75 Å². The molecule has 126 valence electrons. The first kappa shape index (κ1) is 16.4. The fraction of sp³-hybridized carbons (Fsp3) is 0.368. The monoisotopic (exact) mass is 328 g/mol. The second-order valence-corrected chi connectivity index (χ2v) is 6.20. The number of rotatable bonds is 3. The maximum Gasteiger partial charge on any atom is 0.272 e. The Kier molecular flexibility index (Phi) is 4.79. The predicted molar refractivity (Wildman–Crippen MR) is 90.5 cm³/mol. The molecular weight excluding hydrogens is 307 g/mol. The molecule has 0 spiro atoms. The first-order chi connectivity index (χ1) is 11.6. The molecule has 1 aliphatic heterocycles. The van der Waals surface area contributed by atoms with Crippen molar-refractivity contribution in [3.05, 3.63) is 47.9 Å². The van der Waals surface area contributed by atoms with Crippen molar-refractivity contribution in [2.45, 2.75) is 19.8 Å². The van der Waals surface area contributed by atoms with Gasteiger partial charge in [0.05, 0.1) is 18.4 Å². The van der Waals surface area contributed by atoms with Crippen LogP contribution in [0.25, 0.3) is 11.3 Å². The molecule has 4 nitrogen and oxygen atoms in total. The summed E-state index contributed by atoms with van der Waals surface area (Å²) in [5, 5.41) is 0. The van der Waals surface area contributed by atoms with Crippen LogP contribution in [0, 0.1) is 11.7 Å². The highest BCUT2D eigenvalue weighted by Crippen LogP contribution is 2.31. The third-order valence-corrected chi connectivity index (χ3v) is 4.49. The van der Waals surface area contributed by atoms with E-state index in [1.807, 2.05) is 4.90 Å². The van der Waals surface area contributed by atoms with Gasteiger partial charge in [-0.05, 0) is 43.0 Å². The van der Waals surface area contributed by atoms with Gasteiger partial charge in [-0.3, -0.25) is 4.79 Å². The number of piperidine rings is 1. The summed E-state index contributed by atoms with van der Waals surface area (Å²) in [6.07, 6.45) is 2.01. The number of aromatic nitrogens is 1. The first-order valence-corrected chi connectivity index (χ1v) is 8.19. The lowest BCUT2D eigenvalue weighted by Crippen LogP contribution is -2.38. The van der Waals surface area contributed by atoms with E-state index >= 15 is 0 Å². The molecule has 1 amide bonds. The van der Waals surface area contributed by atoms with Gasteiger partial charge in [0.1, 0.15) is 17.3 Å². The molecule has 2 heterocycles. The van der Waals surface area contributed by atoms with Crippen molar-refractivity contribution >= 4 is 5.91 Å². The van der Waals surface area contributed by atoms with Crippen molar-refractivity contribution in [3.8, 4) is 17.0 Å². The Morgan fingerprint density at radius 1 is 1.21 bits per heavy atom. The summed E-state index contributed by atoms with van der Waals surface area (Å²) in [4.78, 5) is 18.9. The minimum Gasteiger partial charge on any atom is -0.496 e. The SMILES string of the molecule is COc1cccc(F)c1-c1cccc(C(=O)N2CCC(C)CC2)n1. The zero-order chi connectivity index (χ0) is 17.1. The number of nitrogens with zero attached hydrogens (tertiary/aromatic N) is 2. The Balaban J connectivity index is 1.91. The molecule has 1 aromatic carbocycles. The van der Waals surface area contributed by atoms with E-state index in [-0.39, 0.29) is 11.5 Å². The van der Waals surface area contributed by atoms with Crippen LogP contribution in [0.1, 0.15) is 30.3 Å². The third kappa shape index (κ3) is 3.25. The molecule has 0 unspecified atom stereocenters. The van der Waals surface area contributed by atoms with Crippen LogP contribution in [0.2, 0.25) is 0 Å². The number of amides is 1. The molecule has 5 heteroatoms. The van der Waals surface area contributed by atoms with Gasteiger partial charge in [-0.1, -0.05) is 19.1 Å². The fourth-order valence-electron chi connectivity index (χ4n) is 2.99. The zero-order valence-corrected chi connectivity index (χ0v) is 14.0. The van der Waals surface area contributed by atoms with Gasteiger partial charge in [0.2, 0.25) is 0 Å². The lowest BCUT2D eigenvalue weighted by Gasteiger charge is -2.30. The van der Waals surface area contributed by atoms with Crippen molar-refractivity contribution in [1.82, 2.24) is 9.88 Å². The summed E-state index contributed by atoms with van der Waals surface area (Å²) >= 11 is 0. The standard InChI is InChI=1S/C19H21FN2O2/c1-13-9-11-22(12-10-13)19(23)16-7-4-6-15(21-16)18-14(20)5-3-8-17(18)24-2/h3-8,13H,9-12H2,1-2H3. The largest absolute Gasteiger partial charge is 0.496 e. The van der Waals surface area contributed by atoms with E-state index in [9.17, 15) is 9.18 Å². The lowest BCUT2D eigenvalue weighted by molar-refractivity contribution is 0.0691.